The summed E-state index contributed by atoms with van der Waals surface area (Å²) in [5.41, 5.74) is 0.972. The van der Waals surface area contributed by atoms with Crippen molar-refractivity contribution >= 4 is 28.9 Å². The summed E-state index contributed by atoms with van der Waals surface area (Å²) in [6.07, 6.45) is 2.57. The molecule has 2 rings (SSSR count). The second-order valence-corrected chi connectivity index (χ2v) is 6.83. The molecule has 1 aromatic carbocycles. The number of ether oxygens (including phenoxy) is 1. The molecule has 5 heteroatoms. The number of carbonyl (C=O) groups is 1. The number of carboxylic acid groups (broad SMARTS) is 1. The van der Waals surface area contributed by atoms with E-state index in [1.165, 1.54) is 11.3 Å². The monoisotopic (exact) mass is 338 g/mol. The predicted molar refractivity (Wildman–Crippen MR) is 90.3 cm³/mol. The van der Waals surface area contributed by atoms with Crippen LogP contribution in [0.2, 0.25) is 4.34 Å². The SMILES string of the molecule is CCCCOc1ccc(CC(C(=O)O)c2ccc(Cl)s2)cc1. The third-order valence-electron chi connectivity index (χ3n) is 3.37. The van der Waals surface area contributed by atoms with Gasteiger partial charge in [-0.05, 0) is 42.7 Å². The van der Waals surface area contributed by atoms with E-state index < -0.39 is 11.9 Å². The molecule has 1 aromatic heterocycles. The molecule has 2 aromatic rings. The standard InChI is InChI=1S/C17H19ClO3S/c1-2-3-10-21-13-6-4-12(5-7-13)11-14(17(19)20)15-8-9-16(18)22-15/h4-9,14H,2-3,10-11H2,1H3,(H,19,20). The Kier molecular flexibility index (Phi) is 6.28. The van der Waals surface area contributed by atoms with Crippen LogP contribution in [-0.2, 0) is 11.2 Å². The van der Waals surface area contributed by atoms with Crippen LogP contribution in [0.15, 0.2) is 36.4 Å². The topological polar surface area (TPSA) is 46.5 Å². The third-order valence-corrected chi connectivity index (χ3v) is 4.71. The number of hydrogen-bond donors (Lipinski definition) is 1. The first-order valence-corrected chi connectivity index (χ1v) is 8.49. The van der Waals surface area contributed by atoms with Crippen LogP contribution < -0.4 is 4.74 Å². The summed E-state index contributed by atoms with van der Waals surface area (Å²) in [6.45, 7) is 2.83. The van der Waals surface area contributed by atoms with Crippen LogP contribution in [0.1, 0.15) is 36.1 Å². The molecule has 0 saturated carbocycles. The van der Waals surface area contributed by atoms with Crippen molar-refractivity contribution in [1.82, 2.24) is 0 Å². The molecule has 22 heavy (non-hydrogen) atoms. The van der Waals surface area contributed by atoms with Gasteiger partial charge in [-0.15, -0.1) is 11.3 Å². The maximum atomic E-state index is 11.5. The van der Waals surface area contributed by atoms with Gasteiger partial charge in [-0.2, -0.15) is 0 Å². The molecule has 0 spiro atoms. The van der Waals surface area contributed by atoms with Gasteiger partial charge in [0.2, 0.25) is 0 Å². The molecule has 1 N–H and O–H groups in total. The van der Waals surface area contributed by atoms with E-state index in [-0.39, 0.29) is 0 Å². The number of aliphatic carboxylic acids is 1. The second-order valence-electron chi connectivity index (χ2n) is 5.08. The first kappa shape index (κ1) is 16.8. The van der Waals surface area contributed by atoms with Gasteiger partial charge < -0.3 is 9.84 Å². The molecule has 0 bridgehead atoms. The summed E-state index contributed by atoms with van der Waals surface area (Å²) in [6, 6.07) is 11.2. The number of hydrogen-bond acceptors (Lipinski definition) is 3. The van der Waals surface area contributed by atoms with Crippen molar-refractivity contribution in [3.63, 3.8) is 0 Å². The van der Waals surface area contributed by atoms with Gasteiger partial charge in [0.1, 0.15) is 5.75 Å². The number of carboxylic acids is 1. The molecule has 118 valence electrons. The minimum absolute atomic E-state index is 0.446. The molecule has 0 saturated heterocycles. The molecule has 1 unspecified atom stereocenters. The van der Waals surface area contributed by atoms with Crippen molar-refractivity contribution in [2.75, 3.05) is 6.61 Å². The molecule has 0 aliphatic rings. The average molecular weight is 339 g/mol. The zero-order valence-electron chi connectivity index (χ0n) is 12.4. The Morgan fingerprint density at radius 1 is 1.27 bits per heavy atom. The molecule has 0 aliphatic carbocycles. The lowest BCUT2D eigenvalue weighted by Crippen LogP contribution is -2.13. The highest BCUT2D eigenvalue weighted by molar-refractivity contribution is 7.16. The van der Waals surface area contributed by atoms with Gasteiger partial charge in [0.05, 0.1) is 16.9 Å². The van der Waals surface area contributed by atoms with Crippen molar-refractivity contribution in [2.45, 2.75) is 32.1 Å². The van der Waals surface area contributed by atoms with Crippen LogP contribution in [0.25, 0.3) is 0 Å². The Morgan fingerprint density at radius 2 is 2.00 bits per heavy atom. The molecule has 0 amide bonds. The number of halogens is 1. The largest absolute Gasteiger partial charge is 0.494 e. The van der Waals surface area contributed by atoms with Crippen molar-refractivity contribution in [1.29, 1.82) is 0 Å². The molecule has 0 aliphatic heterocycles. The third kappa shape index (κ3) is 4.75. The van der Waals surface area contributed by atoms with Gasteiger partial charge in [0.25, 0.3) is 0 Å². The molecule has 0 radical (unpaired) electrons. The quantitative estimate of drug-likeness (QED) is 0.689. The van der Waals surface area contributed by atoms with Gasteiger partial charge in [-0.3, -0.25) is 4.79 Å². The maximum Gasteiger partial charge on any atom is 0.312 e. The fraction of sp³-hybridized carbons (Fsp3) is 0.353. The lowest BCUT2D eigenvalue weighted by Gasteiger charge is -2.11. The number of unbranched alkanes of at least 4 members (excludes halogenated alkanes) is 1. The fourth-order valence-electron chi connectivity index (χ4n) is 2.12. The predicted octanol–water partition coefficient (Wildman–Crippen LogP) is 4.99. The highest BCUT2D eigenvalue weighted by Crippen LogP contribution is 2.31. The molecule has 1 atom stereocenters. The minimum atomic E-state index is -0.832. The highest BCUT2D eigenvalue weighted by atomic mass is 35.5. The van der Waals surface area contributed by atoms with E-state index >= 15 is 0 Å². The first-order chi connectivity index (χ1) is 10.6. The summed E-state index contributed by atoms with van der Waals surface area (Å²) in [5, 5.41) is 9.43. The summed E-state index contributed by atoms with van der Waals surface area (Å²) in [5.74, 6) is -0.575. The van der Waals surface area contributed by atoms with Gasteiger partial charge in [0, 0.05) is 4.88 Å². The van der Waals surface area contributed by atoms with Crippen LogP contribution in [-0.4, -0.2) is 17.7 Å². The minimum Gasteiger partial charge on any atom is -0.494 e. The van der Waals surface area contributed by atoms with Crippen LogP contribution in [0.3, 0.4) is 0 Å². The van der Waals surface area contributed by atoms with E-state index in [0.717, 1.165) is 29.0 Å². The lowest BCUT2D eigenvalue weighted by molar-refractivity contribution is -0.138. The number of benzene rings is 1. The fourth-order valence-corrected chi connectivity index (χ4v) is 3.27. The Morgan fingerprint density at radius 3 is 2.55 bits per heavy atom. The first-order valence-electron chi connectivity index (χ1n) is 7.30. The molecular formula is C17H19ClO3S. The van der Waals surface area contributed by atoms with Crippen LogP contribution in [0.4, 0.5) is 0 Å². The summed E-state index contributed by atoms with van der Waals surface area (Å²) < 4.78 is 6.22. The van der Waals surface area contributed by atoms with Crippen molar-refractivity contribution in [3.8, 4) is 5.75 Å². The van der Waals surface area contributed by atoms with E-state index in [9.17, 15) is 9.90 Å². The summed E-state index contributed by atoms with van der Waals surface area (Å²) >= 11 is 7.22. The Balaban J connectivity index is 2.02. The normalized spacial score (nSPS) is 12.1. The Hall–Kier alpha value is -1.52. The Labute approximate surface area is 139 Å². The number of rotatable bonds is 8. The van der Waals surface area contributed by atoms with E-state index in [1.807, 2.05) is 24.3 Å². The lowest BCUT2D eigenvalue weighted by atomic mass is 9.98. The number of thiophene rings is 1. The van der Waals surface area contributed by atoms with Crippen molar-refractivity contribution in [2.24, 2.45) is 0 Å². The van der Waals surface area contributed by atoms with Gasteiger partial charge in [0.15, 0.2) is 0 Å². The molecular weight excluding hydrogens is 320 g/mol. The average Bonchev–Trinajstić information content (AvgIpc) is 2.92. The van der Waals surface area contributed by atoms with Gasteiger partial charge >= 0.3 is 5.97 Å². The van der Waals surface area contributed by atoms with E-state index in [4.69, 9.17) is 16.3 Å². The van der Waals surface area contributed by atoms with Crippen molar-refractivity contribution in [3.05, 3.63) is 51.2 Å². The molecule has 3 nitrogen and oxygen atoms in total. The van der Waals surface area contributed by atoms with Gasteiger partial charge in [-0.1, -0.05) is 37.1 Å². The maximum absolute atomic E-state index is 11.5. The van der Waals surface area contributed by atoms with Crippen LogP contribution in [0.5, 0.6) is 5.75 Å². The summed E-state index contributed by atoms with van der Waals surface area (Å²) in [4.78, 5) is 12.3. The zero-order valence-corrected chi connectivity index (χ0v) is 14.0. The van der Waals surface area contributed by atoms with Gasteiger partial charge in [-0.25, -0.2) is 0 Å². The Bertz CT molecular complexity index is 607. The molecule has 1 heterocycles. The van der Waals surface area contributed by atoms with E-state index in [0.29, 0.717) is 17.4 Å². The molecule has 0 fully saturated rings. The zero-order chi connectivity index (χ0) is 15.9. The van der Waals surface area contributed by atoms with E-state index in [1.54, 1.807) is 12.1 Å². The smallest absolute Gasteiger partial charge is 0.312 e. The van der Waals surface area contributed by atoms with Crippen LogP contribution in [0, 0.1) is 0 Å². The highest BCUT2D eigenvalue weighted by Gasteiger charge is 2.22. The van der Waals surface area contributed by atoms with Crippen LogP contribution >= 0.6 is 22.9 Å². The van der Waals surface area contributed by atoms with E-state index in [2.05, 4.69) is 6.92 Å². The summed E-state index contributed by atoms with van der Waals surface area (Å²) in [7, 11) is 0. The van der Waals surface area contributed by atoms with Crippen molar-refractivity contribution < 1.29 is 14.6 Å². The second kappa shape index (κ2) is 8.20.